The summed E-state index contributed by atoms with van der Waals surface area (Å²) in [4.78, 5) is 25.7. The Morgan fingerprint density at radius 3 is 2.28 bits per heavy atom. The third kappa shape index (κ3) is 6.99. The number of esters is 1. The first kappa shape index (κ1) is 28.2. The second kappa shape index (κ2) is 11.9. The molecule has 6 nitrogen and oxygen atoms in total. The van der Waals surface area contributed by atoms with Crippen LogP contribution in [0.15, 0.2) is 60.7 Å². The lowest BCUT2D eigenvalue weighted by atomic mass is 9.79. The van der Waals surface area contributed by atoms with E-state index in [-0.39, 0.29) is 12.4 Å². The summed E-state index contributed by atoms with van der Waals surface area (Å²) in [5.41, 5.74) is 6.39. The average molecular weight is 530 g/mol. The molecule has 0 saturated heterocycles. The Morgan fingerprint density at radius 2 is 1.64 bits per heavy atom. The quantitative estimate of drug-likeness (QED) is 0.249. The summed E-state index contributed by atoms with van der Waals surface area (Å²) >= 11 is 0. The Morgan fingerprint density at radius 1 is 0.949 bits per heavy atom. The number of rotatable bonds is 9. The first-order chi connectivity index (χ1) is 18.6. The molecule has 6 heteroatoms. The number of hydrogen-bond donors (Lipinski definition) is 1. The first-order valence-corrected chi connectivity index (χ1v) is 13.6. The van der Waals surface area contributed by atoms with Crippen molar-refractivity contribution in [1.82, 2.24) is 0 Å². The van der Waals surface area contributed by atoms with Crippen LogP contribution < -0.4 is 14.4 Å². The Bertz CT molecular complexity index is 1320. The number of carbonyl (C=O) groups excluding carboxylic acids is 1. The Hall–Kier alpha value is -3.80. The SMILES string of the molecule is CCN(Cc1ccc(CC(=O)O)cc1)c1cc(OC)ccc1[C@@H]1CCc2cc(OC(=O)C(C)(C)C)ccc2C1. The molecular weight excluding hydrogens is 490 g/mol. The average Bonchev–Trinajstić information content (AvgIpc) is 2.91. The number of anilines is 1. The van der Waals surface area contributed by atoms with Crippen LogP contribution in [0.2, 0.25) is 0 Å². The highest BCUT2D eigenvalue weighted by Gasteiger charge is 2.27. The number of hydrogen-bond acceptors (Lipinski definition) is 5. The summed E-state index contributed by atoms with van der Waals surface area (Å²) in [5.74, 6) is 0.744. The van der Waals surface area contributed by atoms with Gasteiger partial charge in [0, 0.05) is 24.8 Å². The zero-order chi connectivity index (χ0) is 28.2. The van der Waals surface area contributed by atoms with Crippen molar-refractivity contribution in [2.75, 3.05) is 18.6 Å². The van der Waals surface area contributed by atoms with Crippen LogP contribution in [-0.4, -0.2) is 30.7 Å². The molecule has 206 valence electrons. The predicted molar refractivity (Wildman–Crippen MR) is 154 cm³/mol. The van der Waals surface area contributed by atoms with Gasteiger partial charge in [0.2, 0.25) is 0 Å². The van der Waals surface area contributed by atoms with E-state index in [2.05, 4.69) is 30.0 Å². The van der Waals surface area contributed by atoms with Crippen molar-refractivity contribution < 1.29 is 24.2 Å². The van der Waals surface area contributed by atoms with Gasteiger partial charge in [0.15, 0.2) is 0 Å². The van der Waals surface area contributed by atoms with Crippen LogP contribution in [0.5, 0.6) is 11.5 Å². The van der Waals surface area contributed by atoms with Crippen molar-refractivity contribution in [3.8, 4) is 11.5 Å². The monoisotopic (exact) mass is 529 g/mol. The fraction of sp³-hybridized carbons (Fsp3) is 0.394. The van der Waals surface area contributed by atoms with Crippen LogP contribution in [-0.2, 0) is 35.4 Å². The van der Waals surface area contributed by atoms with Crippen LogP contribution in [0, 0.1) is 5.41 Å². The minimum atomic E-state index is -0.824. The van der Waals surface area contributed by atoms with Crippen LogP contribution in [0.4, 0.5) is 5.69 Å². The van der Waals surface area contributed by atoms with E-state index >= 15 is 0 Å². The van der Waals surface area contributed by atoms with Gasteiger partial charge < -0.3 is 19.5 Å². The molecule has 3 aromatic carbocycles. The molecule has 3 aromatic rings. The molecule has 0 amide bonds. The molecule has 1 aliphatic carbocycles. The van der Waals surface area contributed by atoms with E-state index in [0.29, 0.717) is 11.7 Å². The number of fused-ring (bicyclic) bond motifs is 1. The molecule has 4 rings (SSSR count). The van der Waals surface area contributed by atoms with Gasteiger partial charge in [-0.05, 0) is 98.9 Å². The van der Waals surface area contributed by atoms with E-state index in [1.165, 1.54) is 16.7 Å². The Labute approximate surface area is 231 Å². The van der Waals surface area contributed by atoms with E-state index in [1.54, 1.807) is 7.11 Å². The molecule has 1 N–H and O–H groups in total. The molecule has 0 aromatic heterocycles. The second-order valence-electron chi connectivity index (χ2n) is 11.3. The van der Waals surface area contributed by atoms with E-state index in [0.717, 1.165) is 54.9 Å². The fourth-order valence-corrected chi connectivity index (χ4v) is 5.11. The molecule has 0 spiro atoms. The van der Waals surface area contributed by atoms with Crippen molar-refractivity contribution in [2.24, 2.45) is 5.41 Å². The molecule has 0 heterocycles. The third-order valence-electron chi connectivity index (χ3n) is 7.38. The maximum atomic E-state index is 12.4. The predicted octanol–water partition coefficient (Wildman–Crippen LogP) is 6.57. The van der Waals surface area contributed by atoms with Crippen LogP contribution in [0.1, 0.15) is 67.9 Å². The first-order valence-electron chi connectivity index (χ1n) is 13.6. The summed E-state index contributed by atoms with van der Waals surface area (Å²) in [5, 5.41) is 9.07. The number of methoxy groups -OCH3 is 1. The number of carboxylic acids is 1. The summed E-state index contributed by atoms with van der Waals surface area (Å²) in [7, 11) is 1.69. The highest BCUT2D eigenvalue weighted by molar-refractivity contribution is 5.78. The molecule has 0 fully saturated rings. The maximum Gasteiger partial charge on any atom is 0.316 e. The number of aliphatic carboxylic acids is 1. The van der Waals surface area contributed by atoms with Crippen molar-refractivity contribution in [1.29, 1.82) is 0 Å². The molecule has 0 radical (unpaired) electrons. The molecule has 1 aliphatic rings. The van der Waals surface area contributed by atoms with E-state index < -0.39 is 11.4 Å². The van der Waals surface area contributed by atoms with Gasteiger partial charge in [0.1, 0.15) is 11.5 Å². The fourth-order valence-electron chi connectivity index (χ4n) is 5.11. The van der Waals surface area contributed by atoms with Gasteiger partial charge in [0.05, 0.1) is 18.9 Å². The number of aryl methyl sites for hydroxylation is 1. The van der Waals surface area contributed by atoms with Gasteiger partial charge >= 0.3 is 11.9 Å². The molecular formula is C33H39NO5. The van der Waals surface area contributed by atoms with Crippen molar-refractivity contribution in [3.63, 3.8) is 0 Å². The van der Waals surface area contributed by atoms with E-state index in [9.17, 15) is 9.59 Å². The van der Waals surface area contributed by atoms with Crippen molar-refractivity contribution >= 4 is 17.6 Å². The molecule has 39 heavy (non-hydrogen) atoms. The van der Waals surface area contributed by atoms with Gasteiger partial charge in [-0.1, -0.05) is 36.4 Å². The van der Waals surface area contributed by atoms with Gasteiger partial charge in [-0.3, -0.25) is 9.59 Å². The lowest BCUT2D eigenvalue weighted by molar-refractivity contribution is -0.143. The summed E-state index contributed by atoms with van der Waals surface area (Å²) in [6.07, 6.45) is 2.87. The number of carbonyl (C=O) groups is 2. The minimum Gasteiger partial charge on any atom is -0.497 e. The second-order valence-corrected chi connectivity index (χ2v) is 11.3. The lowest BCUT2D eigenvalue weighted by Crippen LogP contribution is -2.26. The van der Waals surface area contributed by atoms with Gasteiger partial charge in [-0.15, -0.1) is 0 Å². The normalized spacial score (nSPS) is 14.8. The number of nitrogens with zero attached hydrogens (tertiary/aromatic N) is 1. The van der Waals surface area contributed by atoms with Crippen molar-refractivity contribution in [2.45, 2.75) is 65.8 Å². The van der Waals surface area contributed by atoms with Crippen LogP contribution in [0.25, 0.3) is 0 Å². The van der Waals surface area contributed by atoms with Crippen molar-refractivity contribution in [3.05, 3.63) is 88.5 Å². The number of ether oxygens (including phenoxy) is 2. The van der Waals surface area contributed by atoms with Gasteiger partial charge in [-0.2, -0.15) is 0 Å². The maximum absolute atomic E-state index is 12.4. The molecule has 0 unspecified atom stereocenters. The topological polar surface area (TPSA) is 76.1 Å². The van der Waals surface area contributed by atoms with E-state index in [4.69, 9.17) is 14.6 Å². The summed E-state index contributed by atoms with van der Waals surface area (Å²) < 4.78 is 11.2. The zero-order valence-electron chi connectivity index (χ0n) is 23.6. The summed E-state index contributed by atoms with van der Waals surface area (Å²) in [6.45, 7) is 9.27. The smallest absolute Gasteiger partial charge is 0.316 e. The highest BCUT2D eigenvalue weighted by Crippen LogP contribution is 2.40. The third-order valence-corrected chi connectivity index (χ3v) is 7.38. The van der Waals surface area contributed by atoms with Gasteiger partial charge in [0.25, 0.3) is 0 Å². The summed E-state index contributed by atoms with van der Waals surface area (Å²) in [6, 6.07) is 20.2. The largest absolute Gasteiger partial charge is 0.497 e. The lowest BCUT2D eigenvalue weighted by Gasteiger charge is -2.32. The zero-order valence-corrected chi connectivity index (χ0v) is 23.6. The Kier molecular flexibility index (Phi) is 8.63. The molecule has 1 atom stereocenters. The van der Waals surface area contributed by atoms with E-state index in [1.807, 2.05) is 63.2 Å². The number of carboxylic acid groups (broad SMARTS) is 1. The van der Waals surface area contributed by atoms with Crippen LogP contribution >= 0.6 is 0 Å². The molecule has 0 bridgehead atoms. The highest BCUT2D eigenvalue weighted by atomic mass is 16.5. The molecule has 0 aliphatic heterocycles. The standard InChI is InChI=1S/C33H39NO5/c1-6-34(21-23-9-7-22(8-10-23)17-31(35)36)30-20-27(38-5)15-16-29(30)26-12-11-25-19-28(14-13-24(25)18-26)39-32(37)33(2,3)4/h7-10,13-16,19-20,26H,6,11-12,17-18,21H2,1-5H3,(H,35,36)/t26-/m1/s1. The minimum absolute atomic E-state index is 0.0292. The Balaban J connectivity index is 1.56. The van der Waals surface area contributed by atoms with Gasteiger partial charge in [-0.25, -0.2) is 0 Å². The number of benzene rings is 3. The molecule has 0 saturated carbocycles. The van der Waals surface area contributed by atoms with Crippen LogP contribution in [0.3, 0.4) is 0 Å².